The second-order valence-electron chi connectivity index (χ2n) is 7.77. The molecule has 0 atom stereocenters. The predicted octanol–water partition coefficient (Wildman–Crippen LogP) is 7.04. The molecule has 0 unspecified atom stereocenters. The summed E-state index contributed by atoms with van der Waals surface area (Å²) in [6, 6.07) is 21.1. The molecule has 4 aromatic rings. The number of halogens is 4. The first kappa shape index (κ1) is 24.8. The Kier molecular flexibility index (Phi) is 7.42. The van der Waals surface area contributed by atoms with Gasteiger partial charge in [-0.3, -0.25) is 8.75 Å². The van der Waals surface area contributed by atoms with Crippen LogP contribution in [-0.4, -0.2) is 9.86 Å². The third kappa shape index (κ3) is 6.41. The number of carbonyl (C=O) groups excluding carboxylic acids is 1. The van der Waals surface area contributed by atoms with Crippen LogP contribution < -0.4 is 9.41 Å². The molecule has 4 rings (SSSR count). The van der Waals surface area contributed by atoms with Gasteiger partial charge in [-0.15, -0.1) is 0 Å². The molecule has 0 N–H and O–H groups in total. The quantitative estimate of drug-likeness (QED) is 0.276. The van der Waals surface area contributed by atoms with E-state index >= 15 is 0 Å². The molecule has 0 aliphatic carbocycles. The lowest BCUT2D eigenvalue weighted by Gasteiger charge is -2.09. The third-order valence-electron chi connectivity index (χ3n) is 5.17. The summed E-state index contributed by atoms with van der Waals surface area (Å²) in [6.45, 7) is 2.53. The average molecular weight is 517 g/mol. The maximum Gasteiger partial charge on any atom is 0.416 e. The van der Waals surface area contributed by atoms with Gasteiger partial charge in [0.2, 0.25) is 0 Å². The van der Waals surface area contributed by atoms with E-state index in [-0.39, 0.29) is 18.1 Å². The number of rotatable bonds is 6. The summed E-state index contributed by atoms with van der Waals surface area (Å²) in [5, 5.41) is 0.458. The minimum atomic E-state index is -4.40. The van der Waals surface area contributed by atoms with Gasteiger partial charge < -0.3 is 4.74 Å². The molecule has 35 heavy (non-hydrogen) atoms. The fourth-order valence-corrected chi connectivity index (χ4v) is 4.62. The Morgan fingerprint density at radius 3 is 2.14 bits per heavy atom. The number of amides is 1. The van der Waals surface area contributed by atoms with Crippen molar-refractivity contribution in [1.82, 2.24) is 3.96 Å². The minimum Gasteiger partial charge on any atom is -0.457 e. The largest absolute Gasteiger partial charge is 0.457 e. The highest BCUT2D eigenvalue weighted by atomic mass is 35.5. The van der Waals surface area contributed by atoms with Crippen LogP contribution in [0.15, 0.2) is 83.9 Å². The Morgan fingerprint density at radius 2 is 1.54 bits per heavy atom. The summed E-state index contributed by atoms with van der Waals surface area (Å²) in [4.78, 5) is 16.7. The number of alkyl halides is 3. The van der Waals surface area contributed by atoms with E-state index in [0.29, 0.717) is 22.0 Å². The molecule has 0 fully saturated rings. The first-order valence-corrected chi connectivity index (χ1v) is 11.8. The Morgan fingerprint density at radius 1 is 0.943 bits per heavy atom. The fourth-order valence-electron chi connectivity index (χ4n) is 3.30. The van der Waals surface area contributed by atoms with Gasteiger partial charge in [-0.2, -0.15) is 18.2 Å². The lowest BCUT2D eigenvalue weighted by molar-refractivity contribution is -0.137. The van der Waals surface area contributed by atoms with Crippen molar-refractivity contribution in [3.05, 3.63) is 111 Å². The van der Waals surface area contributed by atoms with E-state index in [4.69, 9.17) is 16.3 Å². The van der Waals surface area contributed by atoms with Gasteiger partial charge >= 0.3 is 6.18 Å². The number of nitrogens with zero attached hydrogens (tertiary/aromatic N) is 2. The van der Waals surface area contributed by atoms with Crippen LogP contribution in [0.25, 0.3) is 0 Å². The maximum atomic E-state index is 12.7. The Bertz CT molecular complexity index is 1380. The van der Waals surface area contributed by atoms with Gasteiger partial charge in [0.05, 0.1) is 23.6 Å². The molecule has 0 aliphatic heterocycles. The van der Waals surface area contributed by atoms with Crippen molar-refractivity contribution in [3.8, 4) is 11.5 Å². The van der Waals surface area contributed by atoms with E-state index in [1.807, 2.05) is 41.2 Å². The van der Waals surface area contributed by atoms with Crippen LogP contribution in [0.5, 0.6) is 11.5 Å². The lowest BCUT2D eigenvalue weighted by Crippen LogP contribution is -2.06. The van der Waals surface area contributed by atoms with Crippen molar-refractivity contribution < 1.29 is 22.7 Å². The topological polar surface area (TPSA) is 43.6 Å². The van der Waals surface area contributed by atoms with Crippen molar-refractivity contribution in [1.29, 1.82) is 0 Å². The second kappa shape index (κ2) is 10.5. The summed E-state index contributed by atoms with van der Waals surface area (Å²) in [5.41, 5.74) is 1.95. The molecule has 0 saturated carbocycles. The van der Waals surface area contributed by atoms with Crippen LogP contribution in [-0.2, 0) is 23.9 Å². The highest BCUT2D eigenvalue weighted by Gasteiger charge is 2.30. The monoisotopic (exact) mass is 516 g/mol. The minimum absolute atomic E-state index is 0.0759. The molecule has 0 bridgehead atoms. The third-order valence-corrected chi connectivity index (χ3v) is 6.82. The standard InChI is InChI=1S/C26H20ClF3N2O2S/c1-17-24(27)25(35-32(17)16-19-5-3-2-4-6-19)31-23(33)15-18-7-11-21(12-8-18)34-22-13-9-20(10-14-22)26(28,29)30/h2-14H,15-16H2,1H3. The maximum absolute atomic E-state index is 12.7. The summed E-state index contributed by atoms with van der Waals surface area (Å²) < 4.78 is 46.1. The number of aromatic nitrogens is 1. The zero-order valence-corrected chi connectivity index (χ0v) is 20.1. The molecule has 0 saturated heterocycles. The van der Waals surface area contributed by atoms with Crippen LogP contribution >= 0.6 is 23.1 Å². The van der Waals surface area contributed by atoms with E-state index in [0.717, 1.165) is 29.0 Å². The fraction of sp³-hybridized carbons (Fsp3) is 0.154. The van der Waals surface area contributed by atoms with Gasteiger partial charge in [0.25, 0.3) is 5.91 Å². The number of hydrogen-bond acceptors (Lipinski definition) is 3. The van der Waals surface area contributed by atoms with Crippen LogP contribution in [0.1, 0.15) is 22.4 Å². The van der Waals surface area contributed by atoms with Crippen LogP contribution in [0.4, 0.5) is 13.2 Å². The highest BCUT2D eigenvalue weighted by Crippen LogP contribution is 2.31. The number of benzene rings is 3. The van der Waals surface area contributed by atoms with Gasteiger partial charge in [0.15, 0.2) is 4.67 Å². The van der Waals surface area contributed by atoms with Crippen LogP contribution in [0, 0.1) is 6.92 Å². The van der Waals surface area contributed by atoms with E-state index in [1.165, 1.54) is 23.7 Å². The van der Waals surface area contributed by atoms with Crippen molar-refractivity contribution in [3.63, 3.8) is 0 Å². The molecule has 9 heteroatoms. The predicted molar refractivity (Wildman–Crippen MR) is 130 cm³/mol. The van der Waals surface area contributed by atoms with Crippen molar-refractivity contribution >= 4 is 29.0 Å². The SMILES string of the molecule is Cc1c(Cl)c(=NC(=O)Cc2ccc(Oc3ccc(C(F)(F)F)cc3)cc2)sn1Cc1ccccc1. The molecule has 4 nitrogen and oxygen atoms in total. The Labute approximate surface area is 209 Å². The number of hydrogen-bond donors (Lipinski definition) is 0. The van der Waals surface area contributed by atoms with Gasteiger partial charge in [0, 0.05) is 5.69 Å². The first-order chi connectivity index (χ1) is 16.7. The Hall–Kier alpha value is -3.36. The summed E-state index contributed by atoms with van der Waals surface area (Å²) >= 11 is 7.76. The van der Waals surface area contributed by atoms with Gasteiger partial charge in [0.1, 0.15) is 11.5 Å². The summed E-state index contributed by atoms with van der Waals surface area (Å²) in [5.74, 6) is 0.386. The van der Waals surface area contributed by atoms with E-state index in [2.05, 4.69) is 4.99 Å². The second-order valence-corrected chi connectivity index (χ2v) is 9.16. The van der Waals surface area contributed by atoms with Crippen LogP contribution in [0.3, 0.4) is 0 Å². The molecule has 1 aromatic heterocycles. The molecular weight excluding hydrogens is 497 g/mol. The van der Waals surface area contributed by atoms with Gasteiger partial charge in [-0.1, -0.05) is 54.1 Å². The summed E-state index contributed by atoms with van der Waals surface area (Å²) in [6.07, 6.45) is -4.32. The number of ether oxygens (including phenoxy) is 1. The Balaban J connectivity index is 1.41. The average Bonchev–Trinajstić information content (AvgIpc) is 3.08. The summed E-state index contributed by atoms with van der Waals surface area (Å²) in [7, 11) is 0. The smallest absolute Gasteiger partial charge is 0.416 e. The lowest BCUT2D eigenvalue weighted by atomic mass is 10.1. The van der Waals surface area contributed by atoms with Gasteiger partial charge in [-0.05, 0) is 66.0 Å². The highest BCUT2D eigenvalue weighted by molar-refractivity contribution is 7.04. The molecule has 3 aromatic carbocycles. The molecule has 0 spiro atoms. The van der Waals surface area contributed by atoms with E-state index in [1.54, 1.807) is 24.3 Å². The first-order valence-electron chi connectivity index (χ1n) is 10.6. The molecule has 0 aliphatic rings. The van der Waals surface area contributed by atoms with Crippen molar-refractivity contribution in [2.24, 2.45) is 4.99 Å². The van der Waals surface area contributed by atoms with E-state index < -0.39 is 11.7 Å². The van der Waals surface area contributed by atoms with E-state index in [9.17, 15) is 18.0 Å². The molecule has 0 radical (unpaired) electrons. The van der Waals surface area contributed by atoms with Crippen molar-refractivity contribution in [2.45, 2.75) is 26.1 Å². The zero-order chi connectivity index (χ0) is 25.0. The normalized spacial score (nSPS) is 12.1. The van der Waals surface area contributed by atoms with Gasteiger partial charge in [-0.25, -0.2) is 0 Å². The number of carbonyl (C=O) groups is 1. The van der Waals surface area contributed by atoms with Crippen molar-refractivity contribution in [2.75, 3.05) is 0 Å². The molecule has 1 heterocycles. The zero-order valence-electron chi connectivity index (χ0n) is 18.6. The van der Waals surface area contributed by atoms with Crippen LogP contribution in [0.2, 0.25) is 5.02 Å². The molecule has 1 amide bonds. The molecule has 180 valence electrons. The molecular formula is C26H20ClF3N2O2S.